The molecule has 0 saturated carbocycles. The molecule has 0 fully saturated rings. The number of para-hydroxylation sites is 1. The smallest absolute Gasteiger partial charge is 0.258 e. The van der Waals surface area contributed by atoms with E-state index in [1.165, 1.54) is 11.8 Å². The van der Waals surface area contributed by atoms with E-state index in [1.54, 1.807) is 28.8 Å². The molecule has 3 aromatic heterocycles. The number of halogens is 2. The highest BCUT2D eigenvalue weighted by Gasteiger charge is 2.19. The second-order valence-corrected chi connectivity index (χ2v) is 9.20. The molecule has 0 radical (unpaired) electrons. The fraction of sp³-hybridized carbons (Fsp3) is 0.0833. The number of fused-ring (bicyclic) bond motifs is 1. The van der Waals surface area contributed by atoms with Gasteiger partial charge >= 0.3 is 0 Å². The fourth-order valence-corrected chi connectivity index (χ4v) is 4.83. The molecule has 9 heteroatoms. The van der Waals surface area contributed by atoms with Crippen molar-refractivity contribution in [1.29, 1.82) is 0 Å². The average molecular weight is 494 g/mol. The summed E-state index contributed by atoms with van der Waals surface area (Å²) >= 11 is 14.0. The first-order valence-electron chi connectivity index (χ1n) is 10.1. The fourth-order valence-electron chi connectivity index (χ4n) is 3.49. The van der Waals surface area contributed by atoms with E-state index in [0.29, 0.717) is 38.1 Å². The van der Waals surface area contributed by atoms with Gasteiger partial charge in [-0.1, -0.05) is 59.2 Å². The highest BCUT2D eigenvalue weighted by molar-refractivity contribution is 7.98. The molecule has 2 aromatic carbocycles. The number of hydrogen-bond donors (Lipinski definition) is 0. The SMILES string of the molecule is Cc1ccc2nc(CSc3nnc(-c4ccc(Cl)cc4Cl)n3-c3ccccc3)cc(=O)n2c1. The Morgan fingerprint density at radius 3 is 2.58 bits per heavy atom. The number of aryl methyl sites for hydroxylation is 1. The van der Waals surface area contributed by atoms with Crippen LogP contribution in [0.2, 0.25) is 10.0 Å². The topological polar surface area (TPSA) is 65.1 Å². The standard InChI is InChI=1S/C24H17Cl2N5OS/c1-15-7-10-21-27-17(12-22(32)30(21)13-15)14-33-24-29-28-23(19-9-8-16(25)11-20(19)26)31(24)18-5-3-2-4-6-18/h2-13H,14H2,1H3. The minimum atomic E-state index is -0.113. The Hall–Kier alpha value is -3.13. The van der Waals surface area contributed by atoms with Crippen LogP contribution in [0.25, 0.3) is 22.7 Å². The molecule has 0 aliphatic carbocycles. The molecule has 33 heavy (non-hydrogen) atoms. The van der Waals surface area contributed by atoms with E-state index in [1.807, 2.05) is 60.0 Å². The van der Waals surface area contributed by atoms with Crippen molar-refractivity contribution in [3.05, 3.63) is 105 Å². The van der Waals surface area contributed by atoms with Gasteiger partial charge < -0.3 is 0 Å². The summed E-state index contributed by atoms with van der Waals surface area (Å²) in [5.74, 6) is 1.06. The highest BCUT2D eigenvalue weighted by atomic mass is 35.5. The maximum Gasteiger partial charge on any atom is 0.258 e. The Balaban J connectivity index is 1.54. The van der Waals surface area contributed by atoms with Crippen LogP contribution in [0.4, 0.5) is 0 Å². The predicted molar refractivity (Wildman–Crippen MR) is 133 cm³/mol. The van der Waals surface area contributed by atoms with Crippen LogP contribution in [0, 0.1) is 6.92 Å². The summed E-state index contributed by atoms with van der Waals surface area (Å²) in [7, 11) is 0. The van der Waals surface area contributed by atoms with Gasteiger partial charge in [0.1, 0.15) is 5.65 Å². The van der Waals surface area contributed by atoms with Crippen molar-refractivity contribution in [1.82, 2.24) is 24.1 Å². The summed E-state index contributed by atoms with van der Waals surface area (Å²) in [6.45, 7) is 1.94. The van der Waals surface area contributed by atoms with E-state index >= 15 is 0 Å². The van der Waals surface area contributed by atoms with E-state index in [4.69, 9.17) is 23.2 Å². The van der Waals surface area contributed by atoms with E-state index in [-0.39, 0.29) is 5.56 Å². The van der Waals surface area contributed by atoms with E-state index in [9.17, 15) is 4.79 Å². The molecule has 0 aliphatic heterocycles. The zero-order chi connectivity index (χ0) is 22.9. The van der Waals surface area contributed by atoms with Gasteiger partial charge in [0.15, 0.2) is 11.0 Å². The Labute approximate surface area is 203 Å². The molecule has 0 spiro atoms. The van der Waals surface area contributed by atoms with Gasteiger partial charge in [-0.15, -0.1) is 10.2 Å². The third-order valence-electron chi connectivity index (χ3n) is 5.03. The molecule has 0 saturated heterocycles. The Morgan fingerprint density at radius 2 is 1.79 bits per heavy atom. The van der Waals surface area contributed by atoms with Gasteiger partial charge in [-0.3, -0.25) is 13.8 Å². The molecule has 5 rings (SSSR count). The first-order chi connectivity index (χ1) is 16.0. The van der Waals surface area contributed by atoms with Crippen molar-refractivity contribution in [2.24, 2.45) is 0 Å². The van der Waals surface area contributed by atoms with Crippen molar-refractivity contribution in [2.75, 3.05) is 0 Å². The molecule has 0 aliphatic rings. The molecule has 164 valence electrons. The van der Waals surface area contributed by atoms with Gasteiger partial charge in [0, 0.05) is 34.3 Å². The normalized spacial score (nSPS) is 11.2. The number of hydrogen-bond acceptors (Lipinski definition) is 5. The molecule has 0 bridgehead atoms. The molecular formula is C24H17Cl2N5OS. The molecule has 0 N–H and O–H groups in total. The molecule has 3 heterocycles. The summed E-state index contributed by atoms with van der Waals surface area (Å²) in [5, 5.41) is 10.5. The Morgan fingerprint density at radius 1 is 0.970 bits per heavy atom. The van der Waals surface area contributed by atoms with Crippen LogP contribution in [0.3, 0.4) is 0 Å². The zero-order valence-electron chi connectivity index (χ0n) is 17.4. The summed E-state index contributed by atoms with van der Waals surface area (Å²) in [6, 6.07) is 20.4. The quantitative estimate of drug-likeness (QED) is 0.287. The lowest BCUT2D eigenvalue weighted by Gasteiger charge is -2.11. The minimum absolute atomic E-state index is 0.113. The van der Waals surface area contributed by atoms with Crippen molar-refractivity contribution in [3.8, 4) is 17.1 Å². The largest absolute Gasteiger partial charge is 0.270 e. The summed E-state index contributed by atoms with van der Waals surface area (Å²) in [4.78, 5) is 17.2. The summed E-state index contributed by atoms with van der Waals surface area (Å²) in [6.07, 6.45) is 1.79. The number of thioether (sulfide) groups is 1. The van der Waals surface area contributed by atoms with E-state index in [0.717, 1.165) is 16.8 Å². The highest BCUT2D eigenvalue weighted by Crippen LogP contribution is 2.34. The van der Waals surface area contributed by atoms with Gasteiger partial charge in [0.2, 0.25) is 0 Å². The lowest BCUT2D eigenvalue weighted by Crippen LogP contribution is -2.15. The first-order valence-corrected chi connectivity index (χ1v) is 11.8. The van der Waals surface area contributed by atoms with Crippen LogP contribution in [-0.4, -0.2) is 24.1 Å². The summed E-state index contributed by atoms with van der Waals surface area (Å²) < 4.78 is 3.49. The first kappa shape index (κ1) is 21.7. The molecule has 0 amide bonds. The van der Waals surface area contributed by atoms with Crippen LogP contribution in [0.5, 0.6) is 0 Å². The van der Waals surface area contributed by atoms with Gasteiger partial charge in [0.05, 0.1) is 10.7 Å². The second kappa shape index (κ2) is 9.02. The maximum atomic E-state index is 12.6. The minimum Gasteiger partial charge on any atom is -0.270 e. The number of rotatable bonds is 5. The number of aromatic nitrogens is 5. The van der Waals surface area contributed by atoms with Crippen molar-refractivity contribution >= 4 is 40.6 Å². The van der Waals surface area contributed by atoms with Crippen LogP contribution in [-0.2, 0) is 5.75 Å². The van der Waals surface area contributed by atoms with Crippen LogP contribution >= 0.6 is 35.0 Å². The maximum absolute atomic E-state index is 12.6. The van der Waals surface area contributed by atoms with Gasteiger partial charge in [-0.2, -0.15) is 0 Å². The van der Waals surface area contributed by atoms with Crippen LogP contribution in [0.1, 0.15) is 11.3 Å². The lowest BCUT2D eigenvalue weighted by atomic mass is 10.2. The van der Waals surface area contributed by atoms with Gasteiger partial charge in [-0.05, 0) is 48.9 Å². The molecule has 0 atom stereocenters. The molecular weight excluding hydrogens is 477 g/mol. The molecule has 6 nitrogen and oxygen atoms in total. The lowest BCUT2D eigenvalue weighted by molar-refractivity contribution is 0.884. The summed E-state index contributed by atoms with van der Waals surface area (Å²) in [5.41, 5.74) is 3.79. The second-order valence-electron chi connectivity index (χ2n) is 7.41. The third-order valence-corrected chi connectivity index (χ3v) is 6.54. The van der Waals surface area contributed by atoms with E-state index < -0.39 is 0 Å². The Kier molecular flexibility index (Phi) is 5.93. The van der Waals surface area contributed by atoms with E-state index in [2.05, 4.69) is 15.2 Å². The van der Waals surface area contributed by atoms with Gasteiger partial charge in [0.25, 0.3) is 5.56 Å². The van der Waals surface area contributed by atoms with Crippen LogP contribution < -0.4 is 5.56 Å². The average Bonchev–Trinajstić information content (AvgIpc) is 3.22. The molecule has 5 aromatic rings. The number of pyridine rings is 1. The van der Waals surface area contributed by atoms with Crippen molar-refractivity contribution in [2.45, 2.75) is 17.8 Å². The predicted octanol–water partition coefficient (Wildman–Crippen LogP) is 5.85. The third kappa shape index (κ3) is 4.39. The number of nitrogens with zero attached hydrogens (tertiary/aromatic N) is 5. The van der Waals surface area contributed by atoms with Crippen LogP contribution in [0.15, 0.2) is 82.9 Å². The monoisotopic (exact) mass is 493 g/mol. The zero-order valence-corrected chi connectivity index (χ0v) is 19.8. The van der Waals surface area contributed by atoms with Crippen molar-refractivity contribution < 1.29 is 0 Å². The Bertz CT molecular complexity index is 1530. The van der Waals surface area contributed by atoms with Crippen molar-refractivity contribution in [3.63, 3.8) is 0 Å². The number of benzene rings is 2. The van der Waals surface area contributed by atoms with Gasteiger partial charge in [-0.25, -0.2) is 4.98 Å². The molecule has 0 unspecified atom stereocenters.